The maximum atomic E-state index is 13.5. The van der Waals surface area contributed by atoms with Gasteiger partial charge in [0.1, 0.15) is 0 Å². The fourth-order valence-electron chi connectivity index (χ4n) is 4.27. The van der Waals surface area contributed by atoms with Crippen LogP contribution >= 0.6 is 0 Å². The first kappa shape index (κ1) is 20.8. The van der Waals surface area contributed by atoms with Crippen LogP contribution < -0.4 is 0 Å². The van der Waals surface area contributed by atoms with E-state index in [1.165, 1.54) is 10.9 Å². The zero-order valence-electron chi connectivity index (χ0n) is 18.1. The highest BCUT2D eigenvalue weighted by atomic mass is 16.5. The SMILES string of the molecule is O=C(CCCc1c[nH]c2ccccc12)OC(C(=O)c1c[nH]c2ccccc12)c1ccccc1. The van der Waals surface area contributed by atoms with Crippen molar-refractivity contribution in [3.63, 3.8) is 0 Å². The number of aromatic amines is 2. The zero-order valence-corrected chi connectivity index (χ0v) is 18.1. The van der Waals surface area contributed by atoms with Gasteiger partial charge in [0.2, 0.25) is 5.78 Å². The van der Waals surface area contributed by atoms with Gasteiger partial charge in [0.05, 0.1) is 0 Å². The minimum atomic E-state index is -0.981. The second-order valence-corrected chi connectivity index (χ2v) is 8.11. The fourth-order valence-corrected chi connectivity index (χ4v) is 4.27. The first-order valence-electron chi connectivity index (χ1n) is 11.1. The van der Waals surface area contributed by atoms with Crippen LogP contribution in [0, 0.1) is 0 Å². The average molecular weight is 437 g/mol. The summed E-state index contributed by atoms with van der Waals surface area (Å²) in [6.07, 6.45) is 4.33. The Labute approximate surface area is 191 Å². The first-order valence-corrected chi connectivity index (χ1v) is 11.1. The Morgan fingerprint density at radius 3 is 2.18 bits per heavy atom. The molecule has 2 N–H and O–H groups in total. The number of rotatable bonds is 8. The molecule has 0 radical (unpaired) electrons. The van der Waals surface area contributed by atoms with Crippen LogP contribution in [0.1, 0.15) is 40.4 Å². The van der Waals surface area contributed by atoms with Gasteiger partial charge in [0.25, 0.3) is 0 Å². The number of benzene rings is 3. The number of ether oxygens (including phenoxy) is 1. The third-order valence-corrected chi connectivity index (χ3v) is 5.95. The van der Waals surface area contributed by atoms with E-state index in [1.807, 2.05) is 79.0 Å². The maximum absolute atomic E-state index is 13.5. The van der Waals surface area contributed by atoms with E-state index < -0.39 is 6.10 Å². The summed E-state index contributed by atoms with van der Waals surface area (Å²) >= 11 is 0. The Kier molecular flexibility index (Phi) is 5.77. The molecule has 2 aromatic heterocycles. The third-order valence-electron chi connectivity index (χ3n) is 5.95. The quantitative estimate of drug-likeness (QED) is 0.227. The second-order valence-electron chi connectivity index (χ2n) is 8.11. The summed E-state index contributed by atoms with van der Waals surface area (Å²) in [7, 11) is 0. The van der Waals surface area contributed by atoms with Crippen LogP contribution in [0.15, 0.2) is 91.3 Å². The zero-order chi connectivity index (χ0) is 22.6. The van der Waals surface area contributed by atoms with Crippen LogP contribution in [0.2, 0.25) is 0 Å². The molecule has 0 aliphatic heterocycles. The minimum absolute atomic E-state index is 0.233. The highest BCUT2D eigenvalue weighted by Crippen LogP contribution is 2.28. The number of fused-ring (bicyclic) bond motifs is 2. The van der Waals surface area contributed by atoms with E-state index in [2.05, 4.69) is 16.0 Å². The van der Waals surface area contributed by atoms with E-state index in [1.54, 1.807) is 6.20 Å². The van der Waals surface area contributed by atoms with Crippen LogP contribution in [0.4, 0.5) is 0 Å². The Hall–Kier alpha value is -4.12. The van der Waals surface area contributed by atoms with Crippen molar-refractivity contribution in [1.29, 1.82) is 0 Å². The van der Waals surface area contributed by atoms with Gasteiger partial charge in [-0.2, -0.15) is 0 Å². The molecule has 33 heavy (non-hydrogen) atoms. The predicted molar refractivity (Wildman–Crippen MR) is 129 cm³/mol. The van der Waals surface area contributed by atoms with E-state index in [9.17, 15) is 9.59 Å². The number of H-pyrrole nitrogens is 2. The minimum Gasteiger partial charge on any atom is -0.449 e. The lowest BCUT2D eigenvalue weighted by Gasteiger charge is -2.17. The highest BCUT2D eigenvalue weighted by Gasteiger charge is 2.28. The number of carbonyl (C=O) groups excluding carboxylic acids is 2. The number of Topliss-reactive ketones (excluding diaryl/α,β-unsaturated/α-hetero) is 1. The second kappa shape index (κ2) is 9.17. The number of para-hydroxylation sites is 2. The van der Waals surface area contributed by atoms with Gasteiger partial charge in [-0.25, -0.2) is 0 Å². The number of aryl methyl sites for hydroxylation is 1. The molecule has 0 saturated carbocycles. The number of hydrogen-bond donors (Lipinski definition) is 2. The molecular formula is C28H24N2O3. The number of nitrogens with one attached hydrogen (secondary N) is 2. The molecule has 0 amide bonds. The highest BCUT2D eigenvalue weighted by molar-refractivity contribution is 6.10. The summed E-state index contributed by atoms with van der Waals surface area (Å²) in [6, 6.07) is 24.9. The van der Waals surface area contributed by atoms with Crippen molar-refractivity contribution in [2.24, 2.45) is 0 Å². The van der Waals surface area contributed by atoms with Crippen LogP contribution in [-0.4, -0.2) is 21.7 Å². The molecule has 0 fully saturated rings. The molecule has 1 unspecified atom stereocenters. The van der Waals surface area contributed by atoms with E-state index in [4.69, 9.17) is 4.74 Å². The smallest absolute Gasteiger partial charge is 0.306 e. The van der Waals surface area contributed by atoms with Crippen molar-refractivity contribution < 1.29 is 14.3 Å². The number of esters is 1. The molecule has 164 valence electrons. The van der Waals surface area contributed by atoms with Gasteiger partial charge in [0, 0.05) is 51.7 Å². The van der Waals surface area contributed by atoms with Gasteiger partial charge in [-0.3, -0.25) is 9.59 Å². The molecule has 0 spiro atoms. The summed E-state index contributed by atoms with van der Waals surface area (Å²) in [5.74, 6) is -0.611. The Morgan fingerprint density at radius 1 is 0.758 bits per heavy atom. The third kappa shape index (κ3) is 4.30. The topological polar surface area (TPSA) is 75.0 Å². The van der Waals surface area contributed by atoms with E-state index in [0.717, 1.165) is 22.8 Å². The lowest BCUT2D eigenvalue weighted by molar-refractivity contribution is -0.147. The van der Waals surface area contributed by atoms with Crippen molar-refractivity contribution >= 4 is 33.6 Å². The molecule has 5 nitrogen and oxygen atoms in total. The van der Waals surface area contributed by atoms with Crippen molar-refractivity contribution in [2.45, 2.75) is 25.4 Å². The number of aromatic nitrogens is 2. The number of ketones is 1. The van der Waals surface area contributed by atoms with Gasteiger partial charge in [-0.15, -0.1) is 0 Å². The first-order chi connectivity index (χ1) is 16.2. The summed E-state index contributed by atoms with van der Waals surface area (Å²) in [5.41, 5.74) is 4.32. The van der Waals surface area contributed by atoms with Crippen LogP contribution in [-0.2, 0) is 16.0 Å². The molecule has 5 aromatic rings. The van der Waals surface area contributed by atoms with Gasteiger partial charge < -0.3 is 14.7 Å². The van der Waals surface area contributed by atoms with E-state index in [0.29, 0.717) is 17.5 Å². The monoisotopic (exact) mass is 436 g/mol. The molecule has 0 aliphatic carbocycles. The summed E-state index contributed by atoms with van der Waals surface area (Å²) in [4.78, 5) is 32.6. The molecule has 0 aliphatic rings. The number of hydrogen-bond acceptors (Lipinski definition) is 3. The van der Waals surface area contributed by atoms with Crippen molar-refractivity contribution in [1.82, 2.24) is 9.97 Å². The van der Waals surface area contributed by atoms with Crippen LogP contribution in [0.5, 0.6) is 0 Å². The standard InChI is InChI=1S/C28H24N2O3/c31-26(16-8-11-20-17-29-24-14-6-4-12-21(20)24)33-28(19-9-2-1-3-10-19)27(32)23-18-30-25-15-7-5-13-22(23)25/h1-7,9-10,12-15,17-18,28-30H,8,11,16H2. The predicted octanol–water partition coefficient (Wildman–Crippen LogP) is 6.14. The summed E-state index contributed by atoms with van der Waals surface area (Å²) in [5, 5.41) is 1.99. The fraction of sp³-hybridized carbons (Fsp3) is 0.143. The Bertz CT molecular complexity index is 1410. The van der Waals surface area contributed by atoms with Crippen molar-refractivity contribution in [3.05, 3.63) is 108 Å². The van der Waals surface area contributed by atoms with Crippen LogP contribution in [0.25, 0.3) is 21.8 Å². The van der Waals surface area contributed by atoms with Gasteiger partial charge in [-0.05, 0) is 30.5 Å². The Balaban J connectivity index is 1.31. The largest absolute Gasteiger partial charge is 0.449 e. The average Bonchev–Trinajstić information content (AvgIpc) is 3.47. The Morgan fingerprint density at radius 2 is 1.39 bits per heavy atom. The summed E-state index contributed by atoms with van der Waals surface area (Å²) in [6.45, 7) is 0. The molecule has 3 aromatic carbocycles. The van der Waals surface area contributed by atoms with E-state index in [-0.39, 0.29) is 18.2 Å². The summed E-state index contributed by atoms with van der Waals surface area (Å²) < 4.78 is 5.77. The van der Waals surface area contributed by atoms with Crippen molar-refractivity contribution in [2.75, 3.05) is 0 Å². The molecule has 0 saturated heterocycles. The molecule has 2 heterocycles. The lowest BCUT2D eigenvalue weighted by atomic mass is 9.99. The van der Waals surface area contributed by atoms with E-state index >= 15 is 0 Å². The molecule has 5 heteroatoms. The van der Waals surface area contributed by atoms with Gasteiger partial charge >= 0.3 is 5.97 Å². The molecular weight excluding hydrogens is 412 g/mol. The maximum Gasteiger partial charge on any atom is 0.306 e. The van der Waals surface area contributed by atoms with Crippen LogP contribution in [0.3, 0.4) is 0 Å². The number of carbonyl (C=O) groups is 2. The van der Waals surface area contributed by atoms with Gasteiger partial charge in [-0.1, -0.05) is 66.7 Å². The normalized spacial score (nSPS) is 12.1. The molecule has 5 rings (SSSR count). The molecule has 0 bridgehead atoms. The van der Waals surface area contributed by atoms with Crippen molar-refractivity contribution in [3.8, 4) is 0 Å². The van der Waals surface area contributed by atoms with Gasteiger partial charge in [0.15, 0.2) is 6.10 Å². The lowest BCUT2D eigenvalue weighted by Crippen LogP contribution is -2.20. The molecule has 1 atom stereocenters.